The van der Waals surface area contributed by atoms with E-state index in [1.807, 2.05) is 74.5 Å². The van der Waals surface area contributed by atoms with Gasteiger partial charge < -0.3 is 14.0 Å². The molecule has 2 aromatic carbocycles. The van der Waals surface area contributed by atoms with Crippen molar-refractivity contribution < 1.29 is 23.9 Å². The van der Waals surface area contributed by atoms with Crippen LogP contribution in [-0.2, 0) is 20.9 Å². The van der Waals surface area contributed by atoms with Gasteiger partial charge in [0, 0.05) is 17.1 Å². The van der Waals surface area contributed by atoms with Crippen molar-refractivity contribution in [1.82, 2.24) is 9.47 Å². The molecule has 1 aliphatic heterocycles. The quantitative estimate of drug-likeness (QED) is 0.332. The molecule has 4 rings (SSSR count). The highest BCUT2D eigenvalue weighted by molar-refractivity contribution is 8.18. The minimum atomic E-state index is -0.978. The van der Waals surface area contributed by atoms with Crippen LogP contribution in [0.4, 0.5) is 4.79 Å². The summed E-state index contributed by atoms with van der Waals surface area (Å²) < 4.78 is 12.6. The summed E-state index contributed by atoms with van der Waals surface area (Å²) in [6, 6.07) is 18.8. The van der Waals surface area contributed by atoms with Gasteiger partial charge in [0.2, 0.25) is 0 Å². The summed E-state index contributed by atoms with van der Waals surface area (Å²) in [6.45, 7) is 5.91. The molecule has 1 saturated heterocycles. The van der Waals surface area contributed by atoms with Gasteiger partial charge in [0.05, 0.1) is 12.0 Å². The highest BCUT2D eigenvalue weighted by atomic mass is 32.2. The van der Waals surface area contributed by atoms with Crippen LogP contribution < -0.4 is 4.74 Å². The van der Waals surface area contributed by atoms with Crippen molar-refractivity contribution in [3.8, 4) is 11.4 Å². The number of rotatable bonds is 7. The number of ether oxygens (including phenoxy) is 2. The van der Waals surface area contributed by atoms with Gasteiger partial charge in [-0.2, -0.15) is 0 Å². The number of carbonyl (C=O) groups is 3. The Morgan fingerprint density at radius 1 is 1.06 bits per heavy atom. The van der Waals surface area contributed by atoms with Crippen molar-refractivity contribution in [1.29, 1.82) is 0 Å². The Hall–Kier alpha value is -3.78. The molecule has 0 radical (unpaired) electrons. The van der Waals surface area contributed by atoms with Crippen LogP contribution in [0.5, 0.6) is 5.75 Å². The minimum Gasteiger partial charge on any atom is -0.489 e. The normalized spacial score (nSPS) is 15.5. The van der Waals surface area contributed by atoms with Gasteiger partial charge in [-0.3, -0.25) is 14.5 Å². The van der Waals surface area contributed by atoms with E-state index in [-0.39, 0.29) is 4.91 Å². The highest BCUT2D eigenvalue weighted by Gasteiger charge is 2.41. The lowest BCUT2D eigenvalue weighted by molar-refractivity contribution is -0.148. The molecule has 35 heavy (non-hydrogen) atoms. The summed E-state index contributed by atoms with van der Waals surface area (Å²) in [7, 11) is 1.23. The standard InChI is InChI=1S/C27H26N2O5S/c1-17-14-21(15-24-25(30)29(27(32)35-24)19(3)26(31)33-4)18(2)28(17)22-10-12-23(13-11-22)34-16-20-8-6-5-7-9-20/h5-15,19H,16H2,1-4H3/b24-15+/t19-/m1/s1. The first-order chi connectivity index (χ1) is 16.8. The molecule has 1 aliphatic rings. The molecule has 0 bridgehead atoms. The Kier molecular flexibility index (Phi) is 7.12. The first kappa shape index (κ1) is 24.3. The molecule has 1 aromatic heterocycles. The molecule has 0 N–H and O–H groups in total. The second-order valence-electron chi connectivity index (χ2n) is 8.18. The summed E-state index contributed by atoms with van der Waals surface area (Å²) in [5.41, 5.74) is 4.79. The number of methoxy groups -OCH3 is 1. The number of nitrogens with zero attached hydrogens (tertiary/aromatic N) is 2. The smallest absolute Gasteiger partial charge is 0.328 e. The van der Waals surface area contributed by atoms with Crippen LogP contribution in [-0.4, -0.2) is 39.7 Å². The van der Waals surface area contributed by atoms with Gasteiger partial charge in [0.15, 0.2) is 0 Å². The molecule has 180 valence electrons. The number of hydrogen-bond donors (Lipinski definition) is 0. The monoisotopic (exact) mass is 490 g/mol. The van der Waals surface area contributed by atoms with E-state index in [0.29, 0.717) is 6.61 Å². The van der Waals surface area contributed by atoms with E-state index in [0.717, 1.165) is 50.6 Å². The molecule has 8 heteroatoms. The lowest BCUT2D eigenvalue weighted by atomic mass is 10.2. The molecule has 1 atom stereocenters. The molecule has 0 aliphatic carbocycles. The third kappa shape index (κ3) is 5.02. The fourth-order valence-electron chi connectivity index (χ4n) is 3.99. The summed E-state index contributed by atoms with van der Waals surface area (Å²) >= 11 is 0.823. The van der Waals surface area contributed by atoms with E-state index < -0.39 is 23.2 Å². The Balaban J connectivity index is 1.53. The highest BCUT2D eigenvalue weighted by Crippen LogP contribution is 2.35. The van der Waals surface area contributed by atoms with E-state index >= 15 is 0 Å². The van der Waals surface area contributed by atoms with Crippen LogP contribution in [0.25, 0.3) is 11.8 Å². The maximum atomic E-state index is 12.8. The van der Waals surface area contributed by atoms with Crippen molar-refractivity contribution >= 4 is 35.0 Å². The van der Waals surface area contributed by atoms with Crippen LogP contribution in [0, 0.1) is 13.8 Å². The zero-order chi connectivity index (χ0) is 25.1. The van der Waals surface area contributed by atoms with Crippen molar-refractivity contribution in [3.63, 3.8) is 0 Å². The van der Waals surface area contributed by atoms with Crippen molar-refractivity contribution in [2.24, 2.45) is 0 Å². The molecular weight excluding hydrogens is 464 g/mol. The Morgan fingerprint density at radius 3 is 2.40 bits per heavy atom. The largest absolute Gasteiger partial charge is 0.489 e. The second-order valence-corrected chi connectivity index (χ2v) is 9.17. The lowest BCUT2D eigenvalue weighted by Crippen LogP contribution is -2.42. The Morgan fingerprint density at radius 2 is 1.74 bits per heavy atom. The van der Waals surface area contributed by atoms with E-state index in [4.69, 9.17) is 4.74 Å². The molecule has 0 unspecified atom stereocenters. The third-order valence-corrected chi connectivity index (χ3v) is 6.74. The van der Waals surface area contributed by atoms with Crippen LogP contribution >= 0.6 is 11.8 Å². The van der Waals surface area contributed by atoms with Crippen LogP contribution in [0.2, 0.25) is 0 Å². The molecule has 3 aromatic rings. The number of amides is 2. The fraction of sp³-hybridized carbons (Fsp3) is 0.222. The van der Waals surface area contributed by atoms with E-state index in [2.05, 4.69) is 9.30 Å². The fourth-order valence-corrected chi connectivity index (χ4v) is 4.89. The molecule has 7 nitrogen and oxygen atoms in total. The van der Waals surface area contributed by atoms with Gasteiger partial charge in [0.1, 0.15) is 18.4 Å². The van der Waals surface area contributed by atoms with Crippen molar-refractivity contribution in [2.45, 2.75) is 33.4 Å². The Bertz CT molecular complexity index is 1300. The van der Waals surface area contributed by atoms with Crippen LogP contribution in [0.3, 0.4) is 0 Å². The first-order valence-electron chi connectivity index (χ1n) is 11.1. The number of carbonyl (C=O) groups excluding carboxylic acids is 3. The van der Waals surface area contributed by atoms with Gasteiger partial charge in [-0.25, -0.2) is 4.79 Å². The topological polar surface area (TPSA) is 77.8 Å². The number of imide groups is 1. The second kappa shape index (κ2) is 10.2. The summed E-state index contributed by atoms with van der Waals surface area (Å²) in [5.74, 6) is -0.362. The predicted octanol–water partition coefficient (Wildman–Crippen LogP) is 5.27. The average molecular weight is 491 g/mol. The van der Waals surface area contributed by atoms with Gasteiger partial charge in [-0.05, 0) is 80.1 Å². The molecule has 0 saturated carbocycles. The summed E-state index contributed by atoms with van der Waals surface area (Å²) in [4.78, 5) is 38.3. The van der Waals surface area contributed by atoms with Gasteiger partial charge in [-0.1, -0.05) is 30.3 Å². The van der Waals surface area contributed by atoms with E-state index in [9.17, 15) is 14.4 Å². The predicted molar refractivity (Wildman–Crippen MR) is 135 cm³/mol. The SMILES string of the molecule is COC(=O)[C@@H](C)N1C(=O)S/C(=C/c2cc(C)n(-c3ccc(OCc4ccccc4)cc3)c2C)C1=O. The maximum Gasteiger partial charge on any atom is 0.328 e. The number of aryl methyl sites for hydroxylation is 1. The first-order valence-corrected chi connectivity index (χ1v) is 11.9. The molecule has 1 fully saturated rings. The molecular formula is C27H26N2O5S. The zero-order valence-electron chi connectivity index (χ0n) is 20.0. The van der Waals surface area contributed by atoms with E-state index in [1.165, 1.54) is 14.0 Å². The summed E-state index contributed by atoms with van der Waals surface area (Å²) in [6.07, 6.45) is 1.70. The summed E-state index contributed by atoms with van der Waals surface area (Å²) in [5, 5.41) is -0.487. The number of aromatic nitrogens is 1. The number of esters is 1. The number of thioether (sulfide) groups is 1. The van der Waals surface area contributed by atoms with Gasteiger partial charge >= 0.3 is 5.97 Å². The van der Waals surface area contributed by atoms with Gasteiger partial charge in [0.25, 0.3) is 11.1 Å². The van der Waals surface area contributed by atoms with Gasteiger partial charge in [-0.15, -0.1) is 0 Å². The van der Waals surface area contributed by atoms with E-state index in [1.54, 1.807) is 6.08 Å². The minimum absolute atomic E-state index is 0.274. The average Bonchev–Trinajstić information content (AvgIpc) is 3.30. The Labute approximate surface area is 208 Å². The zero-order valence-corrected chi connectivity index (χ0v) is 20.8. The third-order valence-electron chi connectivity index (χ3n) is 5.85. The number of benzene rings is 2. The molecule has 2 heterocycles. The molecule has 0 spiro atoms. The van der Waals surface area contributed by atoms with Crippen molar-refractivity contribution in [2.75, 3.05) is 7.11 Å². The van der Waals surface area contributed by atoms with Crippen molar-refractivity contribution in [3.05, 3.63) is 88.1 Å². The lowest BCUT2D eigenvalue weighted by Gasteiger charge is -2.18. The number of hydrogen-bond acceptors (Lipinski definition) is 6. The van der Waals surface area contributed by atoms with Crippen LogP contribution in [0.15, 0.2) is 65.6 Å². The molecule has 2 amide bonds. The van der Waals surface area contributed by atoms with Crippen LogP contribution in [0.1, 0.15) is 29.4 Å². The maximum absolute atomic E-state index is 12.8.